The van der Waals surface area contributed by atoms with E-state index in [1.54, 1.807) is 12.3 Å². The molecule has 2 heterocycles. The lowest BCUT2D eigenvalue weighted by atomic mass is 10.2. The first-order valence-corrected chi connectivity index (χ1v) is 6.83. The molecule has 96 valence electrons. The first-order chi connectivity index (χ1) is 9.15. The van der Waals surface area contributed by atoms with Gasteiger partial charge in [0.1, 0.15) is 5.52 Å². The van der Waals surface area contributed by atoms with Gasteiger partial charge in [-0.15, -0.1) is 0 Å². The Kier molecular flexibility index (Phi) is 3.16. The molecular weight excluding hydrogens is 328 g/mol. The van der Waals surface area contributed by atoms with E-state index in [0.29, 0.717) is 23.0 Å². The third kappa shape index (κ3) is 2.31. The van der Waals surface area contributed by atoms with Crippen molar-refractivity contribution in [3.05, 3.63) is 51.6 Å². The molecule has 0 radical (unpaired) electrons. The van der Waals surface area contributed by atoms with E-state index in [9.17, 15) is 0 Å². The first kappa shape index (κ1) is 12.4. The van der Waals surface area contributed by atoms with E-state index in [1.807, 2.05) is 28.8 Å². The third-order valence-electron chi connectivity index (χ3n) is 2.87. The van der Waals surface area contributed by atoms with Crippen molar-refractivity contribution in [3.8, 4) is 0 Å². The predicted molar refractivity (Wildman–Crippen MR) is 80.2 cm³/mol. The maximum Gasteiger partial charge on any atom is 0.202 e. The minimum Gasteiger partial charge on any atom is -0.369 e. The number of nitrogens with zero attached hydrogens (tertiary/aromatic N) is 3. The second-order valence-electron chi connectivity index (χ2n) is 4.14. The van der Waals surface area contributed by atoms with E-state index in [0.717, 1.165) is 15.7 Å². The summed E-state index contributed by atoms with van der Waals surface area (Å²) in [7, 11) is 0. The van der Waals surface area contributed by atoms with Gasteiger partial charge in [-0.2, -0.15) is 0 Å². The van der Waals surface area contributed by atoms with Gasteiger partial charge >= 0.3 is 0 Å². The van der Waals surface area contributed by atoms with Crippen LogP contribution in [-0.2, 0) is 6.54 Å². The minimum absolute atomic E-state index is 0.431. The van der Waals surface area contributed by atoms with Gasteiger partial charge in [0.15, 0.2) is 5.65 Å². The van der Waals surface area contributed by atoms with Crippen LogP contribution in [0.3, 0.4) is 0 Å². The Bertz CT molecular complexity index is 753. The van der Waals surface area contributed by atoms with E-state index in [1.165, 1.54) is 0 Å². The van der Waals surface area contributed by atoms with Crippen LogP contribution in [0.5, 0.6) is 0 Å². The third-order valence-corrected chi connectivity index (χ3v) is 3.85. The second kappa shape index (κ2) is 4.83. The molecular formula is C13H10BrClN4. The molecule has 0 saturated carbocycles. The molecule has 0 amide bonds. The molecule has 0 aliphatic rings. The van der Waals surface area contributed by atoms with E-state index in [4.69, 9.17) is 17.3 Å². The van der Waals surface area contributed by atoms with Crippen LogP contribution in [-0.4, -0.2) is 14.5 Å². The Morgan fingerprint density at radius 2 is 2.11 bits per heavy atom. The van der Waals surface area contributed by atoms with Gasteiger partial charge in [0.25, 0.3) is 0 Å². The Hall–Kier alpha value is -1.59. The summed E-state index contributed by atoms with van der Waals surface area (Å²) in [6.07, 6.45) is 1.60. The highest BCUT2D eigenvalue weighted by atomic mass is 79.9. The molecule has 4 nitrogen and oxygen atoms in total. The highest BCUT2D eigenvalue weighted by Gasteiger charge is 2.11. The number of pyridine rings is 1. The molecule has 0 spiro atoms. The van der Waals surface area contributed by atoms with E-state index in [2.05, 4.69) is 25.9 Å². The van der Waals surface area contributed by atoms with Gasteiger partial charge in [0.05, 0.1) is 11.6 Å². The van der Waals surface area contributed by atoms with Crippen molar-refractivity contribution < 1.29 is 0 Å². The van der Waals surface area contributed by atoms with Crippen molar-refractivity contribution in [2.45, 2.75) is 6.54 Å². The summed E-state index contributed by atoms with van der Waals surface area (Å²) in [5.74, 6) is 0.431. The van der Waals surface area contributed by atoms with Crippen molar-refractivity contribution in [1.82, 2.24) is 14.5 Å². The molecule has 3 rings (SSSR count). The molecule has 1 aromatic carbocycles. The van der Waals surface area contributed by atoms with Crippen LogP contribution in [0.4, 0.5) is 5.95 Å². The Labute approximate surface area is 123 Å². The number of benzene rings is 1. The smallest absolute Gasteiger partial charge is 0.202 e. The molecule has 0 aliphatic heterocycles. The number of nitrogens with two attached hydrogens (primary N) is 1. The second-order valence-corrected chi connectivity index (χ2v) is 5.43. The summed E-state index contributed by atoms with van der Waals surface area (Å²) in [4.78, 5) is 8.58. The maximum absolute atomic E-state index is 5.95. The monoisotopic (exact) mass is 336 g/mol. The standard InChI is InChI=1S/C13H10BrClN4/c14-10-4-2-1-3-8(10)7-19-12-11(18-13(19)16)5-9(15)6-17-12/h1-6H,7H2,(H2,16,18). The Morgan fingerprint density at radius 1 is 1.32 bits per heavy atom. The van der Waals surface area contributed by atoms with Crippen LogP contribution >= 0.6 is 27.5 Å². The fourth-order valence-corrected chi connectivity index (χ4v) is 2.52. The van der Waals surface area contributed by atoms with Crippen LogP contribution in [0.2, 0.25) is 5.02 Å². The quantitative estimate of drug-likeness (QED) is 0.779. The van der Waals surface area contributed by atoms with Gasteiger partial charge in [-0.05, 0) is 17.7 Å². The van der Waals surface area contributed by atoms with E-state index in [-0.39, 0.29) is 0 Å². The van der Waals surface area contributed by atoms with Crippen molar-refractivity contribution in [2.24, 2.45) is 0 Å². The van der Waals surface area contributed by atoms with Gasteiger partial charge < -0.3 is 5.73 Å². The summed E-state index contributed by atoms with van der Waals surface area (Å²) < 4.78 is 2.90. The van der Waals surface area contributed by atoms with Crippen LogP contribution in [0.15, 0.2) is 41.0 Å². The van der Waals surface area contributed by atoms with Gasteiger partial charge in [-0.1, -0.05) is 45.7 Å². The van der Waals surface area contributed by atoms with Crippen LogP contribution in [0.25, 0.3) is 11.2 Å². The molecule has 19 heavy (non-hydrogen) atoms. The number of nitrogen functional groups attached to an aromatic ring is 1. The number of aromatic nitrogens is 3. The largest absolute Gasteiger partial charge is 0.369 e. The van der Waals surface area contributed by atoms with E-state index >= 15 is 0 Å². The molecule has 6 heteroatoms. The Balaban J connectivity index is 2.10. The zero-order valence-electron chi connectivity index (χ0n) is 9.85. The first-order valence-electron chi connectivity index (χ1n) is 5.66. The average Bonchev–Trinajstić information content (AvgIpc) is 2.68. The van der Waals surface area contributed by atoms with Gasteiger partial charge in [0.2, 0.25) is 5.95 Å². The lowest BCUT2D eigenvalue weighted by Crippen LogP contribution is -2.05. The normalized spacial score (nSPS) is 11.1. The fourth-order valence-electron chi connectivity index (χ4n) is 1.96. The number of rotatable bonds is 2. The molecule has 2 N–H and O–H groups in total. The zero-order valence-corrected chi connectivity index (χ0v) is 12.2. The van der Waals surface area contributed by atoms with Crippen molar-refractivity contribution in [3.63, 3.8) is 0 Å². The topological polar surface area (TPSA) is 56.7 Å². The average molecular weight is 338 g/mol. The van der Waals surface area contributed by atoms with Gasteiger partial charge in [-0.25, -0.2) is 9.97 Å². The number of anilines is 1. The molecule has 2 aromatic heterocycles. The summed E-state index contributed by atoms with van der Waals surface area (Å²) in [6.45, 7) is 0.610. The Morgan fingerprint density at radius 3 is 2.89 bits per heavy atom. The summed E-state index contributed by atoms with van der Waals surface area (Å²) in [5.41, 5.74) is 8.51. The van der Waals surface area contributed by atoms with E-state index < -0.39 is 0 Å². The highest BCUT2D eigenvalue weighted by molar-refractivity contribution is 9.10. The predicted octanol–water partition coefficient (Wildman–Crippen LogP) is 3.48. The van der Waals surface area contributed by atoms with Crippen LogP contribution in [0, 0.1) is 0 Å². The van der Waals surface area contributed by atoms with Crippen molar-refractivity contribution in [1.29, 1.82) is 0 Å². The van der Waals surface area contributed by atoms with Gasteiger partial charge in [0, 0.05) is 10.7 Å². The summed E-state index contributed by atoms with van der Waals surface area (Å²) in [6, 6.07) is 9.75. The molecule has 0 aliphatic carbocycles. The van der Waals surface area contributed by atoms with Crippen molar-refractivity contribution >= 4 is 44.6 Å². The zero-order chi connectivity index (χ0) is 13.4. The molecule has 0 bridgehead atoms. The number of hydrogen-bond acceptors (Lipinski definition) is 3. The molecule has 0 fully saturated rings. The lowest BCUT2D eigenvalue weighted by Gasteiger charge is -2.07. The maximum atomic E-state index is 5.95. The fraction of sp³-hybridized carbons (Fsp3) is 0.0769. The molecule has 0 unspecified atom stereocenters. The lowest BCUT2D eigenvalue weighted by molar-refractivity contribution is 0.824. The SMILES string of the molecule is Nc1nc2cc(Cl)cnc2n1Cc1ccccc1Br. The number of hydrogen-bond donors (Lipinski definition) is 1. The van der Waals surface area contributed by atoms with Crippen molar-refractivity contribution in [2.75, 3.05) is 5.73 Å². The molecule has 3 aromatic rings. The number of fused-ring (bicyclic) bond motifs is 1. The summed E-state index contributed by atoms with van der Waals surface area (Å²) >= 11 is 9.43. The molecule has 0 atom stereocenters. The minimum atomic E-state index is 0.431. The molecule has 0 saturated heterocycles. The van der Waals surface area contributed by atoms with Gasteiger partial charge in [-0.3, -0.25) is 4.57 Å². The van der Waals surface area contributed by atoms with Crippen LogP contribution in [0.1, 0.15) is 5.56 Å². The number of imidazole rings is 1. The summed E-state index contributed by atoms with van der Waals surface area (Å²) in [5, 5.41) is 0.554. The number of halogens is 2. The highest BCUT2D eigenvalue weighted by Crippen LogP contribution is 2.23. The van der Waals surface area contributed by atoms with Crippen LogP contribution < -0.4 is 5.73 Å².